The third-order valence-electron chi connectivity index (χ3n) is 4.65. The molecule has 1 fully saturated rings. The molecule has 1 aliphatic rings. The van der Waals surface area contributed by atoms with E-state index in [2.05, 4.69) is 24.8 Å². The van der Waals surface area contributed by atoms with Crippen LogP contribution in [0.1, 0.15) is 30.4 Å². The van der Waals surface area contributed by atoms with Crippen molar-refractivity contribution in [2.24, 2.45) is 0 Å². The lowest BCUT2D eigenvalue weighted by Crippen LogP contribution is -2.33. The maximum atomic E-state index is 13.1. The number of likely N-dealkylation sites (tertiary alicyclic amines) is 1. The van der Waals surface area contributed by atoms with Crippen molar-refractivity contribution in [3.05, 3.63) is 52.3 Å². The van der Waals surface area contributed by atoms with Gasteiger partial charge in [0.05, 0.1) is 29.7 Å². The van der Waals surface area contributed by atoms with Gasteiger partial charge in [0.1, 0.15) is 11.5 Å². The molecule has 26 heavy (non-hydrogen) atoms. The summed E-state index contributed by atoms with van der Waals surface area (Å²) >= 11 is 0. The van der Waals surface area contributed by atoms with Gasteiger partial charge in [0.25, 0.3) is 12.0 Å². The summed E-state index contributed by atoms with van der Waals surface area (Å²) in [6, 6.07) is 6.60. The minimum Gasteiger partial charge on any atom is -0.289 e. The van der Waals surface area contributed by atoms with Gasteiger partial charge in [-0.15, -0.1) is 0 Å². The molecule has 3 heterocycles. The predicted octanol–water partition coefficient (Wildman–Crippen LogP) is 2.38. The predicted molar refractivity (Wildman–Crippen MR) is 88.7 cm³/mol. The molecule has 0 aliphatic carbocycles. The smallest absolute Gasteiger partial charge is 0.261 e. The molecular weight excluding hydrogens is 344 g/mol. The first-order valence-corrected chi connectivity index (χ1v) is 8.41. The zero-order valence-corrected chi connectivity index (χ0v) is 13.9. The van der Waals surface area contributed by atoms with Crippen LogP contribution in [0.3, 0.4) is 0 Å². The highest BCUT2D eigenvalue weighted by Gasteiger charge is 2.31. The molecular formula is C17H17F2N5O2. The van der Waals surface area contributed by atoms with Crippen molar-refractivity contribution in [2.45, 2.75) is 38.4 Å². The van der Waals surface area contributed by atoms with E-state index in [1.54, 1.807) is 24.3 Å². The Kier molecular flexibility index (Phi) is 4.46. The van der Waals surface area contributed by atoms with Crippen LogP contribution < -0.4 is 5.56 Å². The summed E-state index contributed by atoms with van der Waals surface area (Å²) in [6.45, 7) is 0.558. The molecule has 0 radical (unpaired) electrons. The molecule has 0 N–H and O–H groups in total. The molecule has 1 atom stereocenters. The third kappa shape index (κ3) is 3.10. The van der Waals surface area contributed by atoms with E-state index in [1.807, 2.05) is 0 Å². The van der Waals surface area contributed by atoms with Gasteiger partial charge in [-0.05, 0) is 31.5 Å². The number of benzene rings is 1. The Morgan fingerprint density at radius 1 is 1.31 bits per heavy atom. The topological polar surface area (TPSA) is 77.1 Å². The summed E-state index contributed by atoms with van der Waals surface area (Å²) in [5.41, 5.74) is 0.745. The van der Waals surface area contributed by atoms with E-state index in [0.717, 1.165) is 24.0 Å². The van der Waals surface area contributed by atoms with Gasteiger partial charge in [-0.25, -0.2) is 18.4 Å². The van der Waals surface area contributed by atoms with Gasteiger partial charge in [-0.2, -0.15) is 0 Å². The van der Waals surface area contributed by atoms with E-state index in [9.17, 15) is 13.6 Å². The lowest BCUT2D eigenvalue weighted by atomic mass is 10.1. The fourth-order valence-electron chi connectivity index (χ4n) is 3.52. The van der Waals surface area contributed by atoms with E-state index in [1.165, 1.54) is 6.20 Å². The van der Waals surface area contributed by atoms with E-state index >= 15 is 0 Å². The van der Waals surface area contributed by atoms with Gasteiger partial charge in [0.15, 0.2) is 0 Å². The fourth-order valence-corrected chi connectivity index (χ4v) is 3.52. The van der Waals surface area contributed by atoms with Crippen LogP contribution in [0.2, 0.25) is 0 Å². The maximum Gasteiger partial charge on any atom is 0.261 e. The van der Waals surface area contributed by atoms with Crippen molar-refractivity contribution >= 4 is 10.9 Å². The van der Waals surface area contributed by atoms with Crippen LogP contribution in [0.4, 0.5) is 8.78 Å². The number of nitrogens with zero attached hydrogens (tertiary/aromatic N) is 5. The third-order valence-corrected chi connectivity index (χ3v) is 4.65. The summed E-state index contributed by atoms with van der Waals surface area (Å²) in [5.74, 6) is 0.378. The summed E-state index contributed by atoms with van der Waals surface area (Å²) < 4.78 is 32.0. The zero-order chi connectivity index (χ0) is 18.1. The van der Waals surface area contributed by atoms with Crippen molar-refractivity contribution < 1.29 is 13.4 Å². The van der Waals surface area contributed by atoms with Crippen molar-refractivity contribution in [2.75, 3.05) is 6.54 Å². The minimum absolute atomic E-state index is 0.234. The standard InChI is InChI=1S/C17H17F2N5O2/c18-15(19)10-24-16(21-13-5-2-1-4-12(13)17(24)25)14-6-3-7-23(14)9-11-8-20-26-22-11/h1-2,4-5,8,14-15H,3,6-7,9-10H2. The molecule has 136 valence electrons. The summed E-state index contributed by atoms with van der Waals surface area (Å²) in [6.07, 6.45) is 0.506. The average Bonchev–Trinajstić information content (AvgIpc) is 3.29. The summed E-state index contributed by atoms with van der Waals surface area (Å²) in [7, 11) is 0. The summed E-state index contributed by atoms with van der Waals surface area (Å²) in [4.78, 5) is 19.4. The Morgan fingerprint density at radius 2 is 2.15 bits per heavy atom. The molecule has 1 saturated heterocycles. The lowest BCUT2D eigenvalue weighted by Gasteiger charge is -2.25. The van der Waals surface area contributed by atoms with Crippen LogP contribution in [0.25, 0.3) is 10.9 Å². The number of aromatic nitrogens is 4. The van der Waals surface area contributed by atoms with Gasteiger partial charge < -0.3 is 0 Å². The first kappa shape index (κ1) is 16.8. The first-order chi connectivity index (χ1) is 12.6. The van der Waals surface area contributed by atoms with E-state index in [-0.39, 0.29) is 6.04 Å². The van der Waals surface area contributed by atoms with Crippen LogP contribution in [0.5, 0.6) is 0 Å². The molecule has 0 spiro atoms. The number of alkyl halides is 2. The lowest BCUT2D eigenvalue weighted by molar-refractivity contribution is 0.120. The van der Waals surface area contributed by atoms with Gasteiger partial charge >= 0.3 is 0 Å². The second-order valence-corrected chi connectivity index (χ2v) is 6.32. The second-order valence-electron chi connectivity index (χ2n) is 6.32. The second kappa shape index (κ2) is 6.91. The monoisotopic (exact) mass is 361 g/mol. The first-order valence-electron chi connectivity index (χ1n) is 8.41. The average molecular weight is 361 g/mol. The number of halogens is 2. The number of fused-ring (bicyclic) bond motifs is 1. The van der Waals surface area contributed by atoms with Crippen LogP contribution in [0, 0.1) is 0 Å². The molecule has 9 heteroatoms. The van der Waals surface area contributed by atoms with Gasteiger partial charge in [-0.1, -0.05) is 22.4 Å². The molecule has 3 aromatic rings. The Balaban J connectivity index is 1.79. The Labute approximate surface area is 147 Å². The normalized spacial score (nSPS) is 18.2. The van der Waals surface area contributed by atoms with Crippen LogP contribution in [-0.2, 0) is 13.1 Å². The molecule has 7 nitrogen and oxygen atoms in total. The number of rotatable bonds is 5. The Hall–Kier alpha value is -2.68. The van der Waals surface area contributed by atoms with Gasteiger partial charge in [-0.3, -0.25) is 14.3 Å². The molecule has 2 aromatic heterocycles. The SMILES string of the molecule is O=c1c2ccccc2nc(C2CCCN2Cc2cnon2)n1CC(F)F. The maximum absolute atomic E-state index is 13.1. The number of hydrogen-bond acceptors (Lipinski definition) is 6. The molecule has 1 aliphatic heterocycles. The summed E-state index contributed by atoms with van der Waals surface area (Å²) in [5, 5.41) is 7.75. The Morgan fingerprint density at radius 3 is 2.92 bits per heavy atom. The molecule has 1 unspecified atom stereocenters. The Bertz CT molecular complexity index is 957. The molecule has 0 saturated carbocycles. The largest absolute Gasteiger partial charge is 0.289 e. The highest BCUT2D eigenvalue weighted by Crippen LogP contribution is 2.32. The van der Waals surface area contributed by atoms with Gasteiger partial charge in [0.2, 0.25) is 0 Å². The molecule has 0 amide bonds. The van der Waals surface area contributed by atoms with Crippen molar-refractivity contribution in [3.63, 3.8) is 0 Å². The number of hydrogen-bond donors (Lipinski definition) is 0. The molecule has 0 bridgehead atoms. The van der Waals surface area contributed by atoms with E-state index < -0.39 is 18.5 Å². The highest BCUT2D eigenvalue weighted by molar-refractivity contribution is 5.77. The van der Waals surface area contributed by atoms with Crippen LogP contribution in [0.15, 0.2) is 39.9 Å². The zero-order valence-electron chi connectivity index (χ0n) is 13.9. The highest BCUT2D eigenvalue weighted by atomic mass is 19.3. The fraction of sp³-hybridized carbons (Fsp3) is 0.412. The van der Waals surface area contributed by atoms with Crippen LogP contribution >= 0.6 is 0 Å². The van der Waals surface area contributed by atoms with E-state index in [4.69, 9.17) is 0 Å². The van der Waals surface area contributed by atoms with Crippen LogP contribution in [-0.4, -0.2) is 37.7 Å². The van der Waals surface area contributed by atoms with E-state index in [0.29, 0.717) is 29.0 Å². The van der Waals surface area contributed by atoms with Crippen molar-refractivity contribution in [1.29, 1.82) is 0 Å². The number of para-hydroxylation sites is 1. The molecule has 1 aromatic carbocycles. The van der Waals surface area contributed by atoms with Crippen molar-refractivity contribution in [1.82, 2.24) is 24.8 Å². The minimum atomic E-state index is -2.64. The quantitative estimate of drug-likeness (QED) is 0.694. The van der Waals surface area contributed by atoms with Crippen molar-refractivity contribution in [3.8, 4) is 0 Å². The molecule has 4 rings (SSSR count). The van der Waals surface area contributed by atoms with Gasteiger partial charge in [0, 0.05) is 6.54 Å².